The van der Waals surface area contributed by atoms with Crippen LogP contribution in [0.2, 0.25) is 0 Å². The van der Waals surface area contributed by atoms with Gasteiger partial charge in [-0.2, -0.15) is 26.3 Å². The summed E-state index contributed by atoms with van der Waals surface area (Å²) in [5, 5.41) is 75.9. The lowest BCUT2D eigenvalue weighted by atomic mass is 9.92. The predicted molar refractivity (Wildman–Crippen MR) is 133 cm³/mol. The maximum atomic E-state index is 8.60. The highest BCUT2D eigenvalue weighted by Gasteiger charge is 2.32. The van der Waals surface area contributed by atoms with Gasteiger partial charge in [-0.05, 0) is 0 Å². The summed E-state index contributed by atoms with van der Waals surface area (Å²) in [5.74, 6) is 0. The number of ether oxygens (including phenoxy) is 4. The second-order valence-corrected chi connectivity index (χ2v) is 7.81. The molecule has 212 valence electrons. The molecule has 0 atom stereocenters. The smallest absolute Gasteiger partial charge is 0.0905 e. The zero-order valence-electron chi connectivity index (χ0n) is 21.8. The van der Waals surface area contributed by atoms with E-state index in [0.29, 0.717) is 0 Å². The van der Waals surface area contributed by atoms with Crippen molar-refractivity contribution in [1.82, 2.24) is 0 Å². The summed E-state index contributed by atoms with van der Waals surface area (Å²) in [6, 6.07) is 9.72. The van der Waals surface area contributed by atoms with Gasteiger partial charge in [0.15, 0.2) is 0 Å². The van der Waals surface area contributed by atoms with Crippen molar-refractivity contribution in [2.24, 2.45) is 10.8 Å². The normalized spacial score (nSPS) is 10.1. The molecule has 0 aliphatic heterocycles. The molecule has 13 nitrogen and oxygen atoms in total. The summed E-state index contributed by atoms with van der Waals surface area (Å²) in [6.07, 6.45) is 2.28. The van der Waals surface area contributed by atoms with E-state index in [1.54, 1.807) is 6.07 Å². The third kappa shape index (κ3) is 23.3. The molecule has 0 aliphatic carbocycles. The van der Waals surface area contributed by atoms with Crippen LogP contribution in [-0.4, -0.2) is 99.7 Å². The molecule has 0 saturated heterocycles. The van der Waals surface area contributed by atoms with Crippen LogP contribution in [-0.2, 0) is 18.9 Å². The van der Waals surface area contributed by atoms with Crippen molar-refractivity contribution in [2.75, 3.05) is 79.3 Å². The van der Waals surface area contributed by atoms with Gasteiger partial charge in [0, 0.05) is 6.08 Å². The number of hydrogen-bond acceptors (Lipinski definition) is 13. The second-order valence-electron chi connectivity index (χ2n) is 7.81. The third-order valence-corrected chi connectivity index (χ3v) is 4.50. The van der Waals surface area contributed by atoms with E-state index in [-0.39, 0.29) is 78.5 Å². The van der Waals surface area contributed by atoms with Gasteiger partial charge >= 0.3 is 0 Å². The van der Waals surface area contributed by atoms with Crippen LogP contribution in [0, 0.1) is 67.5 Å². The molecular formula is C25H39N5O8. The van der Waals surface area contributed by atoms with E-state index < -0.39 is 37.3 Å². The van der Waals surface area contributed by atoms with Crippen LogP contribution in [0.15, 0.2) is 12.7 Å². The quantitative estimate of drug-likeness (QED) is 0.121. The summed E-state index contributed by atoms with van der Waals surface area (Å²) in [5.41, 5.74) is -1.74. The molecule has 0 heterocycles. The van der Waals surface area contributed by atoms with Gasteiger partial charge in [-0.3, -0.25) is 0 Å². The molecule has 0 aromatic heterocycles. The Balaban J connectivity index is -0.000000774. The van der Waals surface area contributed by atoms with Gasteiger partial charge in [0.05, 0.1) is 146 Å². The number of aliphatic hydroxyl groups is 4. The van der Waals surface area contributed by atoms with Gasteiger partial charge in [-0.25, -0.2) is 0 Å². The van der Waals surface area contributed by atoms with Gasteiger partial charge < -0.3 is 39.4 Å². The zero-order valence-corrected chi connectivity index (χ0v) is 21.8. The summed E-state index contributed by atoms with van der Waals surface area (Å²) in [4.78, 5) is 0. The fourth-order valence-electron chi connectivity index (χ4n) is 2.18. The van der Waals surface area contributed by atoms with Crippen molar-refractivity contribution in [3.05, 3.63) is 12.7 Å². The Hall–Kier alpha value is -3.13. The van der Waals surface area contributed by atoms with E-state index in [1.165, 1.54) is 6.08 Å². The molecule has 0 aromatic carbocycles. The summed E-state index contributed by atoms with van der Waals surface area (Å²) in [6.45, 7) is 3.63. The highest BCUT2D eigenvalue weighted by Crippen LogP contribution is 2.21. The number of allylic oxidation sites excluding steroid dienone is 1. The molecule has 0 saturated carbocycles. The van der Waals surface area contributed by atoms with Crippen LogP contribution >= 0.6 is 0 Å². The molecule has 13 heteroatoms. The maximum absolute atomic E-state index is 8.60. The molecule has 0 spiro atoms. The van der Waals surface area contributed by atoms with Crippen LogP contribution in [0.4, 0.5) is 0 Å². The maximum Gasteiger partial charge on any atom is 0.0905 e. The number of hydrogen-bond donors (Lipinski definition) is 4. The average molecular weight is 538 g/mol. The first kappa shape index (κ1) is 39.4. The number of aliphatic hydroxyl groups excluding tert-OH is 4. The van der Waals surface area contributed by atoms with Crippen LogP contribution in [0.5, 0.6) is 0 Å². The SMILES string of the molecule is C=CC#N.N#CCCOCC(COCCC#N)(COCCC#N)COCCC#N.OCC(CO)(CO)CO. The highest BCUT2D eigenvalue weighted by molar-refractivity contribution is 4.93. The lowest BCUT2D eigenvalue weighted by molar-refractivity contribution is -0.104. The van der Waals surface area contributed by atoms with Crippen LogP contribution in [0.25, 0.3) is 0 Å². The van der Waals surface area contributed by atoms with Gasteiger partial charge in [-0.1, -0.05) is 6.58 Å². The minimum atomic E-state index is -1.11. The van der Waals surface area contributed by atoms with E-state index in [2.05, 4.69) is 6.58 Å². The molecule has 0 unspecified atom stereocenters. The van der Waals surface area contributed by atoms with E-state index >= 15 is 0 Å². The van der Waals surface area contributed by atoms with Crippen molar-refractivity contribution in [1.29, 1.82) is 26.3 Å². The first-order chi connectivity index (χ1) is 18.4. The molecule has 0 radical (unpaired) electrons. The fourth-order valence-corrected chi connectivity index (χ4v) is 2.18. The summed E-state index contributed by atoms with van der Waals surface area (Å²) >= 11 is 0. The largest absolute Gasteiger partial charge is 0.396 e. The molecule has 0 rings (SSSR count). The zero-order chi connectivity index (χ0) is 29.4. The number of rotatable bonds is 20. The Morgan fingerprint density at radius 3 is 0.895 bits per heavy atom. The van der Waals surface area contributed by atoms with Gasteiger partial charge in [0.1, 0.15) is 0 Å². The molecule has 4 N–H and O–H groups in total. The molecule has 0 amide bonds. The summed E-state index contributed by atoms with van der Waals surface area (Å²) in [7, 11) is 0. The molecule has 0 aliphatic rings. The van der Waals surface area contributed by atoms with E-state index in [1.807, 2.05) is 24.3 Å². The number of nitriles is 5. The Morgan fingerprint density at radius 1 is 0.526 bits per heavy atom. The molecular weight excluding hydrogens is 498 g/mol. The summed E-state index contributed by atoms with van der Waals surface area (Å²) < 4.78 is 22.2. The Bertz CT molecular complexity index is 662. The monoisotopic (exact) mass is 537 g/mol. The van der Waals surface area contributed by atoms with Crippen LogP contribution in [0.1, 0.15) is 25.7 Å². The second kappa shape index (κ2) is 30.1. The molecule has 0 fully saturated rings. The highest BCUT2D eigenvalue weighted by atomic mass is 16.5. The Kier molecular flexibility index (Phi) is 31.2. The molecule has 0 bridgehead atoms. The van der Waals surface area contributed by atoms with E-state index in [0.717, 1.165) is 0 Å². The van der Waals surface area contributed by atoms with Crippen molar-refractivity contribution in [2.45, 2.75) is 25.7 Å². The topological polar surface area (TPSA) is 237 Å². The Labute approximate surface area is 224 Å². The minimum Gasteiger partial charge on any atom is -0.396 e. The van der Waals surface area contributed by atoms with E-state index in [4.69, 9.17) is 65.7 Å². The van der Waals surface area contributed by atoms with E-state index in [9.17, 15) is 0 Å². The van der Waals surface area contributed by atoms with Crippen molar-refractivity contribution in [3.63, 3.8) is 0 Å². The van der Waals surface area contributed by atoms with Gasteiger partial charge in [-0.15, -0.1) is 0 Å². The van der Waals surface area contributed by atoms with Gasteiger partial charge in [0.25, 0.3) is 0 Å². The standard InChI is InChI=1S/C17H24N4O4.C5H12O4.C3H3N/c18-5-1-9-22-13-17(14-23-10-2-6-19,15-24-11-3-7-20)16-25-12-4-8-21;6-1-5(2-7,3-8)4-9;1-2-3-4/h1-4,9-16H2;6-9H,1-4H2;2H,1H2. The lowest BCUT2D eigenvalue weighted by Crippen LogP contribution is -2.42. The average Bonchev–Trinajstić information content (AvgIpc) is 2.96. The molecule has 0 aromatic rings. The minimum absolute atomic E-state index is 0.250. The van der Waals surface area contributed by atoms with Crippen LogP contribution < -0.4 is 0 Å². The van der Waals surface area contributed by atoms with Crippen molar-refractivity contribution < 1.29 is 39.4 Å². The van der Waals surface area contributed by atoms with Crippen molar-refractivity contribution in [3.8, 4) is 30.3 Å². The van der Waals surface area contributed by atoms with Gasteiger partial charge in [0.2, 0.25) is 0 Å². The Morgan fingerprint density at radius 2 is 0.763 bits per heavy atom. The fraction of sp³-hybridized carbons (Fsp3) is 0.720. The third-order valence-electron chi connectivity index (χ3n) is 4.50. The predicted octanol–water partition coefficient (Wildman–Crippen LogP) is 0.332. The first-order valence-corrected chi connectivity index (χ1v) is 11.6. The van der Waals surface area contributed by atoms with Crippen LogP contribution in [0.3, 0.4) is 0 Å². The first-order valence-electron chi connectivity index (χ1n) is 11.6. The molecule has 38 heavy (non-hydrogen) atoms. The van der Waals surface area contributed by atoms with Crippen molar-refractivity contribution >= 4 is 0 Å². The lowest BCUT2D eigenvalue weighted by Gasteiger charge is -2.32. The number of nitrogens with zero attached hydrogens (tertiary/aromatic N) is 5.